The van der Waals surface area contributed by atoms with Crippen molar-refractivity contribution in [2.45, 2.75) is 12.8 Å². The number of rotatable bonds is 3. The summed E-state index contributed by atoms with van der Waals surface area (Å²) in [6.45, 7) is 1.89. The fraction of sp³-hybridized carbons (Fsp3) is 0.400. The third-order valence-corrected chi connectivity index (χ3v) is 2.00. The molecule has 1 rings (SSSR count). The normalized spacial score (nSPS) is 12.6. The van der Waals surface area contributed by atoms with Crippen molar-refractivity contribution in [3.63, 3.8) is 0 Å². The van der Waals surface area contributed by atoms with E-state index in [-0.39, 0.29) is 18.3 Å². The van der Waals surface area contributed by atoms with E-state index in [2.05, 4.69) is 0 Å². The van der Waals surface area contributed by atoms with Crippen molar-refractivity contribution < 1.29 is 14.2 Å². The highest BCUT2D eigenvalue weighted by atomic mass is 19.1. The van der Waals surface area contributed by atoms with E-state index >= 15 is 0 Å². The van der Waals surface area contributed by atoms with E-state index < -0.39 is 0 Å². The number of hydrogen-bond acceptors (Lipinski definition) is 2. The number of ether oxygens (including phenoxy) is 1. The SMILES string of the molecule is COc1cc(F)ccc1C(C)CO. The maximum absolute atomic E-state index is 12.8. The second kappa shape index (κ2) is 4.23. The summed E-state index contributed by atoms with van der Waals surface area (Å²) in [6.07, 6.45) is 0. The van der Waals surface area contributed by atoms with E-state index in [1.165, 1.54) is 19.2 Å². The molecule has 0 fully saturated rings. The first-order valence-corrected chi connectivity index (χ1v) is 4.13. The van der Waals surface area contributed by atoms with Crippen LogP contribution in [-0.4, -0.2) is 18.8 Å². The maximum atomic E-state index is 12.8. The lowest BCUT2D eigenvalue weighted by Crippen LogP contribution is -2.02. The van der Waals surface area contributed by atoms with Gasteiger partial charge in [-0.2, -0.15) is 0 Å². The van der Waals surface area contributed by atoms with Crippen LogP contribution in [0, 0.1) is 5.82 Å². The highest BCUT2D eigenvalue weighted by Crippen LogP contribution is 2.26. The quantitative estimate of drug-likeness (QED) is 0.777. The monoisotopic (exact) mass is 184 g/mol. The molecule has 3 heteroatoms. The van der Waals surface area contributed by atoms with Crippen molar-refractivity contribution in [2.75, 3.05) is 13.7 Å². The molecule has 72 valence electrons. The Bertz CT molecular complexity index is 286. The van der Waals surface area contributed by atoms with Crippen LogP contribution in [0.5, 0.6) is 5.75 Å². The van der Waals surface area contributed by atoms with Crippen LogP contribution in [0.2, 0.25) is 0 Å². The molecule has 1 aromatic carbocycles. The summed E-state index contributed by atoms with van der Waals surface area (Å²) in [5.74, 6) is 0.128. The minimum atomic E-state index is -0.328. The Hall–Kier alpha value is -1.09. The number of aliphatic hydroxyl groups excluding tert-OH is 1. The number of halogens is 1. The molecule has 0 aliphatic carbocycles. The van der Waals surface area contributed by atoms with Crippen molar-refractivity contribution in [1.82, 2.24) is 0 Å². The average Bonchev–Trinajstić information content (AvgIpc) is 2.16. The average molecular weight is 184 g/mol. The first-order chi connectivity index (χ1) is 6.19. The summed E-state index contributed by atoms with van der Waals surface area (Å²) >= 11 is 0. The lowest BCUT2D eigenvalue weighted by molar-refractivity contribution is 0.269. The highest BCUT2D eigenvalue weighted by molar-refractivity contribution is 5.36. The van der Waals surface area contributed by atoms with Gasteiger partial charge in [-0.1, -0.05) is 13.0 Å². The predicted molar refractivity (Wildman–Crippen MR) is 48.5 cm³/mol. The van der Waals surface area contributed by atoms with Crippen LogP contribution in [0.4, 0.5) is 4.39 Å². The third kappa shape index (κ3) is 2.18. The molecule has 0 aliphatic rings. The van der Waals surface area contributed by atoms with Gasteiger partial charge >= 0.3 is 0 Å². The van der Waals surface area contributed by atoms with Gasteiger partial charge < -0.3 is 9.84 Å². The Kier molecular flexibility index (Phi) is 3.25. The number of benzene rings is 1. The molecular weight excluding hydrogens is 171 g/mol. The number of methoxy groups -OCH3 is 1. The maximum Gasteiger partial charge on any atom is 0.126 e. The van der Waals surface area contributed by atoms with Gasteiger partial charge in [0.2, 0.25) is 0 Å². The predicted octanol–water partition coefficient (Wildman–Crippen LogP) is 1.93. The fourth-order valence-electron chi connectivity index (χ4n) is 1.19. The molecular formula is C10H13FO2. The summed E-state index contributed by atoms with van der Waals surface area (Å²) in [5, 5.41) is 8.93. The zero-order chi connectivity index (χ0) is 9.84. The molecule has 0 saturated heterocycles. The summed E-state index contributed by atoms with van der Waals surface area (Å²) in [4.78, 5) is 0. The van der Waals surface area contributed by atoms with Crippen LogP contribution in [0.15, 0.2) is 18.2 Å². The van der Waals surface area contributed by atoms with Gasteiger partial charge in [0.1, 0.15) is 11.6 Å². The van der Waals surface area contributed by atoms with Gasteiger partial charge in [-0.3, -0.25) is 0 Å². The largest absolute Gasteiger partial charge is 0.496 e. The Morgan fingerprint density at radius 3 is 2.77 bits per heavy atom. The second-order valence-electron chi connectivity index (χ2n) is 2.97. The molecule has 0 bridgehead atoms. The second-order valence-corrected chi connectivity index (χ2v) is 2.97. The molecule has 2 nitrogen and oxygen atoms in total. The molecule has 1 N–H and O–H groups in total. The van der Waals surface area contributed by atoms with E-state index in [1.807, 2.05) is 6.92 Å². The van der Waals surface area contributed by atoms with Crippen LogP contribution in [0.1, 0.15) is 18.4 Å². The first kappa shape index (κ1) is 9.99. The number of aliphatic hydroxyl groups is 1. The van der Waals surface area contributed by atoms with Crippen molar-refractivity contribution >= 4 is 0 Å². The van der Waals surface area contributed by atoms with Gasteiger partial charge in [0.15, 0.2) is 0 Å². The van der Waals surface area contributed by atoms with Gasteiger partial charge in [0.25, 0.3) is 0 Å². The van der Waals surface area contributed by atoms with Crippen molar-refractivity contribution in [3.05, 3.63) is 29.6 Å². The van der Waals surface area contributed by atoms with E-state index in [1.54, 1.807) is 6.07 Å². The van der Waals surface area contributed by atoms with Crippen LogP contribution >= 0.6 is 0 Å². The van der Waals surface area contributed by atoms with E-state index in [4.69, 9.17) is 9.84 Å². The van der Waals surface area contributed by atoms with Crippen LogP contribution in [0.3, 0.4) is 0 Å². The Morgan fingerprint density at radius 2 is 2.23 bits per heavy atom. The van der Waals surface area contributed by atoms with Crippen molar-refractivity contribution in [2.24, 2.45) is 0 Å². The molecule has 0 radical (unpaired) electrons. The Labute approximate surface area is 77.0 Å². The summed E-state index contributed by atoms with van der Waals surface area (Å²) in [6, 6.07) is 4.32. The van der Waals surface area contributed by atoms with Gasteiger partial charge in [-0.25, -0.2) is 4.39 Å². The summed E-state index contributed by atoms with van der Waals surface area (Å²) in [5.41, 5.74) is 0.825. The van der Waals surface area contributed by atoms with Crippen molar-refractivity contribution in [1.29, 1.82) is 0 Å². The van der Waals surface area contributed by atoms with Gasteiger partial charge in [0.05, 0.1) is 7.11 Å². The third-order valence-electron chi connectivity index (χ3n) is 2.00. The Morgan fingerprint density at radius 1 is 1.54 bits per heavy atom. The number of hydrogen-bond donors (Lipinski definition) is 1. The molecule has 0 amide bonds. The summed E-state index contributed by atoms with van der Waals surface area (Å²) < 4.78 is 17.8. The fourth-order valence-corrected chi connectivity index (χ4v) is 1.19. The molecule has 0 heterocycles. The lowest BCUT2D eigenvalue weighted by Gasteiger charge is -2.12. The van der Waals surface area contributed by atoms with Gasteiger partial charge in [-0.05, 0) is 11.6 Å². The topological polar surface area (TPSA) is 29.5 Å². The molecule has 1 unspecified atom stereocenters. The lowest BCUT2D eigenvalue weighted by atomic mass is 10.0. The first-order valence-electron chi connectivity index (χ1n) is 4.13. The minimum absolute atomic E-state index is 0.0298. The van der Waals surface area contributed by atoms with E-state index in [0.29, 0.717) is 5.75 Å². The van der Waals surface area contributed by atoms with Crippen LogP contribution < -0.4 is 4.74 Å². The molecule has 0 spiro atoms. The summed E-state index contributed by atoms with van der Waals surface area (Å²) in [7, 11) is 1.49. The highest BCUT2D eigenvalue weighted by Gasteiger charge is 2.10. The van der Waals surface area contributed by atoms with Crippen LogP contribution in [0.25, 0.3) is 0 Å². The van der Waals surface area contributed by atoms with Gasteiger partial charge in [-0.15, -0.1) is 0 Å². The minimum Gasteiger partial charge on any atom is -0.496 e. The molecule has 0 aromatic heterocycles. The van der Waals surface area contributed by atoms with E-state index in [9.17, 15) is 4.39 Å². The Balaban J connectivity index is 3.05. The molecule has 0 saturated carbocycles. The van der Waals surface area contributed by atoms with Crippen LogP contribution in [-0.2, 0) is 0 Å². The zero-order valence-corrected chi connectivity index (χ0v) is 7.75. The molecule has 1 aromatic rings. The molecule has 0 aliphatic heterocycles. The smallest absolute Gasteiger partial charge is 0.126 e. The standard InChI is InChI=1S/C10H13FO2/c1-7(6-12)9-4-3-8(11)5-10(9)13-2/h3-5,7,12H,6H2,1-2H3. The van der Waals surface area contributed by atoms with Crippen molar-refractivity contribution in [3.8, 4) is 5.75 Å². The molecule has 13 heavy (non-hydrogen) atoms. The molecule has 1 atom stereocenters. The van der Waals surface area contributed by atoms with E-state index in [0.717, 1.165) is 5.56 Å². The van der Waals surface area contributed by atoms with Gasteiger partial charge in [0, 0.05) is 18.6 Å². The zero-order valence-electron chi connectivity index (χ0n) is 7.75.